The van der Waals surface area contributed by atoms with Gasteiger partial charge in [0, 0.05) is 42.9 Å². The SMILES string of the molecule is COC(=O)c1cc(Nc2nccc(-c3cc(C#N)c4c(c3)[C@@](C)(CO[Si](C)(C)C(C)(C)C)CN4C(=O)OC(C)(C)C)n2)n(CCC2CC2)n1. The number of aromatic nitrogens is 4. The third-order valence-corrected chi connectivity index (χ3v) is 14.1. The Morgan fingerprint density at radius 2 is 1.86 bits per heavy atom. The van der Waals surface area contributed by atoms with Crippen molar-refractivity contribution in [3.8, 4) is 17.3 Å². The number of ether oxygens (including phenoxy) is 2. The second kappa shape index (κ2) is 13.2. The van der Waals surface area contributed by atoms with Crippen molar-refractivity contribution in [1.29, 1.82) is 5.26 Å². The number of amides is 1. The number of esters is 1. The maximum absolute atomic E-state index is 13.6. The van der Waals surface area contributed by atoms with Crippen LogP contribution in [0.5, 0.6) is 0 Å². The molecule has 0 saturated heterocycles. The molecule has 3 heterocycles. The van der Waals surface area contributed by atoms with Gasteiger partial charge in [0.2, 0.25) is 5.95 Å². The normalized spacial score (nSPS) is 17.8. The Kier molecular flexibility index (Phi) is 9.71. The van der Waals surface area contributed by atoms with Gasteiger partial charge in [0.05, 0.1) is 24.1 Å². The number of anilines is 3. The van der Waals surface area contributed by atoms with Crippen LogP contribution in [0.4, 0.5) is 22.2 Å². The lowest BCUT2D eigenvalue weighted by molar-refractivity contribution is 0.0571. The number of carbonyl (C=O) groups is 2. The number of aryl methyl sites for hydroxylation is 1. The van der Waals surface area contributed by atoms with Gasteiger partial charge in [-0.05, 0) is 75.0 Å². The molecule has 1 aliphatic carbocycles. The monoisotopic (exact) mass is 687 g/mol. The van der Waals surface area contributed by atoms with Crippen LogP contribution in [0.25, 0.3) is 11.3 Å². The number of methoxy groups -OCH3 is 1. The lowest BCUT2D eigenvalue weighted by Crippen LogP contribution is -2.46. The van der Waals surface area contributed by atoms with Gasteiger partial charge >= 0.3 is 12.1 Å². The quantitative estimate of drug-likeness (QED) is 0.167. The topological polar surface area (TPSA) is 144 Å². The molecular formula is C36H49N7O5Si. The minimum Gasteiger partial charge on any atom is -0.464 e. The van der Waals surface area contributed by atoms with Crippen LogP contribution in [0, 0.1) is 17.2 Å². The van der Waals surface area contributed by atoms with Crippen molar-refractivity contribution in [3.05, 3.63) is 47.3 Å². The highest BCUT2D eigenvalue weighted by Gasteiger charge is 2.47. The Balaban J connectivity index is 1.53. The zero-order chi connectivity index (χ0) is 35.9. The molecule has 1 aromatic carbocycles. The van der Waals surface area contributed by atoms with Gasteiger partial charge in [-0.25, -0.2) is 24.2 Å². The fourth-order valence-electron chi connectivity index (χ4n) is 5.58. The van der Waals surface area contributed by atoms with E-state index >= 15 is 0 Å². The number of benzene rings is 1. The van der Waals surface area contributed by atoms with Crippen molar-refractivity contribution in [2.45, 2.75) is 103 Å². The molecule has 0 radical (unpaired) electrons. The zero-order valence-corrected chi connectivity index (χ0v) is 31.4. The number of nitrogens with zero attached hydrogens (tertiary/aromatic N) is 6. The van der Waals surface area contributed by atoms with Gasteiger partial charge in [-0.1, -0.05) is 40.5 Å². The molecule has 1 atom stereocenters. The smallest absolute Gasteiger partial charge is 0.414 e. The van der Waals surface area contributed by atoms with Gasteiger partial charge in [0.15, 0.2) is 14.0 Å². The standard InChI is InChI=1S/C36H49N7O5Si/c1-34(2,3)48-33(45)42-21-36(7,22-47-49(9,10)35(4,5)6)26-18-24(17-25(20-37)30(26)42)27-13-15-38-32(39-27)40-29-19-28(31(44)46-8)41-43(29)16-14-23-11-12-23/h13,15,17-19,23H,11-12,14,16,21-22H2,1-10H3,(H,38,39,40)/t36-/m1/s1. The Bertz CT molecular complexity index is 1780. The lowest BCUT2D eigenvalue weighted by atomic mass is 9.83. The fourth-order valence-corrected chi connectivity index (χ4v) is 6.69. The fraction of sp³-hybridized carbons (Fsp3) is 0.556. The largest absolute Gasteiger partial charge is 0.464 e. The Morgan fingerprint density at radius 1 is 1.14 bits per heavy atom. The van der Waals surface area contributed by atoms with Gasteiger partial charge in [-0.15, -0.1) is 0 Å². The summed E-state index contributed by atoms with van der Waals surface area (Å²) in [6.07, 6.45) is 4.51. The van der Waals surface area contributed by atoms with Crippen LogP contribution < -0.4 is 10.2 Å². The minimum absolute atomic E-state index is 0.00936. The highest BCUT2D eigenvalue weighted by molar-refractivity contribution is 6.74. The van der Waals surface area contributed by atoms with E-state index in [2.05, 4.69) is 62.3 Å². The number of hydrogen-bond donors (Lipinski definition) is 1. The maximum Gasteiger partial charge on any atom is 0.414 e. The summed E-state index contributed by atoms with van der Waals surface area (Å²) in [5, 5.41) is 18.1. The summed E-state index contributed by atoms with van der Waals surface area (Å²) in [5.74, 6) is 1.04. The van der Waals surface area contributed by atoms with Crippen LogP contribution in [0.1, 0.15) is 89.3 Å². The second-order valence-corrected chi connectivity index (χ2v) is 20.8. The molecule has 2 aliphatic rings. The first-order valence-electron chi connectivity index (χ1n) is 16.8. The molecular weight excluding hydrogens is 639 g/mol. The van der Waals surface area contributed by atoms with E-state index in [1.54, 1.807) is 34.0 Å². The summed E-state index contributed by atoms with van der Waals surface area (Å²) >= 11 is 0. The first-order valence-corrected chi connectivity index (χ1v) is 19.7. The average molecular weight is 688 g/mol. The number of nitriles is 1. The first-order chi connectivity index (χ1) is 22.8. The molecule has 1 saturated carbocycles. The molecule has 0 unspecified atom stereocenters. The summed E-state index contributed by atoms with van der Waals surface area (Å²) in [6.45, 7) is 19.9. The molecule has 1 amide bonds. The van der Waals surface area contributed by atoms with E-state index < -0.39 is 31.4 Å². The van der Waals surface area contributed by atoms with E-state index in [0.717, 1.165) is 12.0 Å². The van der Waals surface area contributed by atoms with E-state index in [0.29, 0.717) is 59.9 Å². The van der Waals surface area contributed by atoms with E-state index in [4.69, 9.17) is 18.9 Å². The van der Waals surface area contributed by atoms with E-state index in [1.165, 1.54) is 20.0 Å². The van der Waals surface area contributed by atoms with Crippen molar-refractivity contribution in [3.63, 3.8) is 0 Å². The van der Waals surface area contributed by atoms with Crippen molar-refractivity contribution >= 4 is 37.8 Å². The highest BCUT2D eigenvalue weighted by atomic mass is 28.4. The predicted molar refractivity (Wildman–Crippen MR) is 190 cm³/mol. The second-order valence-electron chi connectivity index (χ2n) is 16.0. The van der Waals surface area contributed by atoms with Gasteiger partial charge in [0.25, 0.3) is 0 Å². The van der Waals surface area contributed by atoms with E-state index in [-0.39, 0.29) is 10.7 Å². The molecule has 13 heteroatoms. The van der Waals surface area contributed by atoms with Crippen molar-refractivity contribution < 1.29 is 23.5 Å². The Hall–Kier alpha value is -4.28. The molecule has 2 aromatic heterocycles. The van der Waals surface area contributed by atoms with Crippen LogP contribution >= 0.6 is 0 Å². The van der Waals surface area contributed by atoms with Gasteiger partial charge < -0.3 is 19.2 Å². The molecule has 0 spiro atoms. The summed E-state index contributed by atoms with van der Waals surface area (Å²) in [4.78, 5) is 36.7. The highest BCUT2D eigenvalue weighted by Crippen LogP contribution is 2.47. The van der Waals surface area contributed by atoms with Crippen LogP contribution in [0.15, 0.2) is 30.5 Å². The molecule has 1 fully saturated rings. The van der Waals surface area contributed by atoms with Crippen molar-refractivity contribution in [1.82, 2.24) is 19.7 Å². The molecule has 1 N–H and O–H groups in total. The van der Waals surface area contributed by atoms with E-state index in [1.807, 2.05) is 26.8 Å². The van der Waals surface area contributed by atoms with Crippen LogP contribution in [-0.4, -0.2) is 66.0 Å². The molecule has 5 rings (SSSR count). The molecule has 3 aromatic rings. The molecule has 49 heavy (non-hydrogen) atoms. The minimum atomic E-state index is -2.16. The lowest BCUT2D eigenvalue weighted by Gasteiger charge is -2.39. The average Bonchev–Trinajstić information content (AvgIpc) is 3.70. The predicted octanol–water partition coefficient (Wildman–Crippen LogP) is 7.58. The summed E-state index contributed by atoms with van der Waals surface area (Å²) < 4.78 is 19.2. The Morgan fingerprint density at radius 3 is 2.47 bits per heavy atom. The number of nitrogens with one attached hydrogen (secondary N) is 1. The van der Waals surface area contributed by atoms with Crippen molar-refractivity contribution in [2.24, 2.45) is 5.92 Å². The van der Waals surface area contributed by atoms with Crippen molar-refractivity contribution in [2.75, 3.05) is 30.5 Å². The molecule has 262 valence electrons. The number of hydrogen-bond acceptors (Lipinski definition) is 10. The van der Waals surface area contributed by atoms with Gasteiger partial charge in [0.1, 0.15) is 17.5 Å². The van der Waals surface area contributed by atoms with Gasteiger partial charge in [-0.2, -0.15) is 10.4 Å². The summed E-state index contributed by atoms with van der Waals surface area (Å²) in [5.41, 5.74) is 1.82. The molecule has 1 aliphatic heterocycles. The van der Waals surface area contributed by atoms with Gasteiger partial charge in [-0.3, -0.25) is 4.90 Å². The zero-order valence-electron chi connectivity index (χ0n) is 30.4. The summed E-state index contributed by atoms with van der Waals surface area (Å²) in [6, 6.07) is 9.49. The third-order valence-electron chi connectivity index (χ3n) is 9.64. The molecule has 12 nitrogen and oxygen atoms in total. The maximum atomic E-state index is 13.6. The Labute approximate surface area is 290 Å². The first kappa shape index (κ1) is 36.0. The number of rotatable bonds is 10. The van der Waals surface area contributed by atoms with Crippen LogP contribution in [0.2, 0.25) is 18.1 Å². The molecule has 0 bridgehead atoms. The third kappa shape index (κ3) is 7.97. The number of fused-ring (bicyclic) bond motifs is 1. The summed E-state index contributed by atoms with van der Waals surface area (Å²) in [7, 11) is -0.831. The van der Waals surface area contributed by atoms with E-state index in [9.17, 15) is 14.9 Å². The number of carbonyl (C=O) groups excluding carboxylic acids is 2. The van der Waals surface area contributed by atoms with Crippen LogP contribution in [0.3, 0.4) is 0 Å². The van der Waals surface area contributed by atoms with Crippen LogP contribution in [-0.2, 0) is 25.9 Å².